The van der Waals surface area contributed by atoms with Crippen LogP contribution >= 0.6 is 0 Å². The fraction of sp³-hybridized carbons (Fsp3) is 0.625. The fourth-order valence-corrected chi connectivity index (χ4v) is 2.40. The van der Waals surface area contributed by atoms with Crippen molar-refractivity contribution >= 4 is 0 Å². The summed E-state index contributed by atoms with van der Waals surface area (Å²) in [5, 5.41) is 0. The first-order chi connectivity index (χ1) is 8.43. The summed E-state index contributed by atoms with van der Waals surface area (Å²) in [6.45, 7) is 4.38. The molecule has 1 aromatic carbocycles. The van der Waals surface area contributed by atoms with E-state index in [-0.39, 0.29) is 11.6 Å². The van der Waals surface area contributed by atoms with Gasteiger partial charge in [0, 0.05) is 11.6 Å². The molecule has 1 saturated carbocycles. The lowest BCUT2D eigenvalue weighted by atomic mass is 9.79. The summed E-state index contributed by atoms with van der Waals surface area (Å²) in [7, 11) is 4.17. The molecule has 0 bridgehead atoms. The molecule has 2 rings (SSSR count). The molecular formula is C16H26N2. The standard InChI is InChI=1S/C16H26N2/c1-16(2,18(3)4)15(17)14-10-8-13(9-11-14)12-6-5-7-12/h8-12,15H,5-7,17H2,1-4H3. The highest BCUT2D eigenvalue weighted by Gasteiger charge is 2.30. The first-order valence-electron chi connectivity index (χ1n) is 6.96. The molecule has 1 fully saturated rings. The lowest BCUT2D eigenvalue weighted by Gasteiger charge is -2.38. The van der Waals surface area contributed by atoms with E-state index in [0.29, 0.717) is 0 Å². The molecule has 1 aromatic rings. The van der Waals surface area contributed by atoms with Crippen LogP contribution in [-0.2, 0) is 0 Å². The topological polar surface area (TPSA) is 29.3 Å². The van der Waals surface area contributed by atoms with Crippen molar-refractivity contribution in [3.63, 3.8) is 0 Å². The fourth-order valence-electron chi connectivity index (χ4n) is 2.40. The third-order valence-corrected chi connectivity index (χ3v) is 4.79. The Morgan fingerprint density at radius 2 is 1.72 bits per heavy atom. The predicted molar refractivity (Wildman–Crippen MR) is 77.7 cm³/mol. The van der Waals surface area contributed by atoms with Crippen LogP contribution in [0.1, 0.15) is 56.2 Å². The summed E-state index contributed by atoms with van der Waals surface area (Å²) in [6.07, 6.45) is 4.10. The van der Waals surface area contributed by atoms with Gasteiger partial charge in [-0.3, -0.25) is 0 Å². The molecule has 0 amide bonds. The van der Waals surface area contributed by atoms with Gasteiger partial charge in [-0.2, -0.15) is 0 Å². The Kier molecular flexibility index (Phi) is 3.79. The molecular weight excluding hydrogens is 220 g/mol. The SMILES string of the molecule is CN(C)C(C)(C)C(N)c1ccc(C2CCC2)cc1. The molecule has 1 aliphatic carbocycles. The van der Waals surface area contributed by atoms with Gasteiger partial charge in [0.25, 0.3) is 0 Å². The number of benzene rings is 1. The monoisotopic (exact) mass is 246 g/mol. The van der Waals surface area contributed by atoms with E-state index in [9.17, 15) is 0 Å². The van der Waals surface area contributed by atoms with E-state index in [2.05, 4.69) is 57.1 Å². The van der Waals surface area contributed by atoms with Crippen molar-refractivity contribution in [1.82, 2.24) is 4.90 Å². The molecule has 0 aliphatic heterocycles. The Balaban J connectivity index is 2.13. The highest BCUT2D eigenvalue weighted by molar-refractivity contribution is 5.29. The minimum atomic E-state index is -0.0298. The molecule has 100 valence electrons. The molecule has 0 saturated heterocycles. The van der Waals surface area contributed by atoms with Gasteiger partial charge in [-0.25, -0.2) is 0 Å². The molecule has 2 nitrogen and oxygen atoms in total. The summed E-state index contributed by atoms with van der Waals surface area (Å²) in [6, 6.07) is 9.01. The van der Waals surface area contributed by atoms with Crippen LogP contribution in [0.5, 0.6) is 0 Å². The van der Waals surface area contributed by atoms with E-state index in [1.54, 1.807) is 0 Å². The summed E-state index contributed by atoms with van der Waals surface area (Å²) in [5.74, 6) is 0.803. The van der Waals surface area contributed by atoms with E-state index in [4.69, 9.17) is 5.73 Å². The molecule has 2 heteroatoms. The van der Waals surface area contributed by atoms with Crippen molar-refractivity contribution in [2.45, 2.75) is 50.6 Å². The Morgan fingerprint density at radius 1 is 1.17 bits per heavy atom. The van der Waals surface area contributed by atoms with E-state index in [0.717, 1.165) is 5.92 Å². The first kappa shape index (κ1) is 13.6. The van der Waals surface area contributed by atoms with E-state index < -0.39 is 0 Å². The van der Waals surface area contributed by atoms with Gasteiger partial charge in [0.15, 0.2) is 0 Å². The summed E-state index contributed by atoms with van der Waals surface area (Å²) in [5.41, 5.74) is 9.09. The van der Waals surface area contributed by atoms with Crippen molar-refractivity contribution in [3.8, 4) is 0 Å². The molecule has 18 heavy (non-hydrogen) atoms. The van der Waals surface area contributed by atoms with Crippen LogP contribution in [0.3, 0.4) is 0 Å². The summed E-state index contributed by atoms with van der Waals surface area (Å²) in [4.78, 5) is 2.19. The maximum atomic E-state index is 6.40. The molecule has 0 spiro atoms. The number of hydrogen-bond acceptors (Lipinski definition) is 2. The minimum Gasteiger partial charge on any atom is -0.322 e. The molecule has 0 radical (unpaired) electrons. The van der Waals surface area contributed by atoms with Gasteiger partial charge in [0.05, 0.1) is 0 Å². The Morgan fingerprint density at radius 3 is 2.11 bits per heavy atom. The third-order valence-electron chi connectivity index (χ3n) is 4.79. The molecule has 0 heterocycles. The minimum absolute atomic E-state index is 0.0298. The number of nitrogens with zero attached hydrogens (tertiary/aromatic N) is 1. The zero-order valence-electron chi connectivity index (χ0n) is 12.1. The van der Waals surface area contributed by atoms with Crippen molar-refractivity contribution in [2.24, 2.45) is 5.73 Å². The largest absolute Gasteiger partial charge is 0.322 e. The maximum absolute atomic E-state index is 6.40. The average molecular weight is 246 g/mol. The molecule has 2 N–H and O–H groups in total. The number of hydrogen-bond donors (Lipinski definition) is 1. The quantitative estimate of drug-likeness (QED) is 0.883. The second-order valence-electron chi connectivity index (χ2n) is 6.32. The van der Waals surface area contributed by atoms with Gasteiger partial charge < -0.3 is 10.6 Å². The smallest absolute Gasteiger partial charge is 0.0476 e. The zero-order chi connectivity index (χ0) is 13.3. The van der Waals surface area contributed by atoms with Crippen molar-refractivity contribution in [2.75, 3.05) is 14.1 Å². The maximum Gasteiger partial charge on any atom is 0.0476 e. The normalized spacial score (nSPS) is 18.8. The second-order valence-corrected chi connectivity index (χ2v) is 6.32. The van der Waals surface area contributed by atoms with Crippen LogP contribution in [0, 0.1) is 0 Å². The number of rotatable bonds is 4. The van der Waals surface area contributed by atoms with Crippen LogP contribution in [0.25, 0.3) is 0 Å². The van der Waals surface area contributed by atoms with Crippen LogP contribution < -0.4 is 5.73 Å². The van der Waals surface area contributed by atoms with Gasteiger partial charge in [0.2, 0.25) is 0 Å². The lowest BCUT2D eigenvalue weighted by molar-refractivity contribution is 0.159. The zero-order valence-corrected chi connectivity index (χ0v) is 12.1. The number of likely N-dealkylation sites (N-methyl/N-ethyl adjacent to an activating group) is 1. The van der Waals surface area contributed by atoms with Crippen LogP contribution in [0.4, 0.5) is 0 Å². The van der Waals surface area contributed by atoms with E-state index in [1.807, 2.05) is 0 Å². The van der Waals surface area contributed by atoms with Gasteiger partial charge in [-0.15, -0.1) is 0 Å². The second kappa shape index (κ2) is 5.02. The van der Waals surface area contributed by atoms with Crippen LogP contribution in [-0.4, -0.2) is 24.5 Å². The van der Waals surface area contributed by atoms with Crippen LogP contribution in [0.15, 0.2) is 24.3 Å². The molecule has 1 atom stereocenters. The third kappa shape index (κ3) is 2.45. The van der Waals surface area contributed by atoms with Crippen molar-refractivity contribution < 1.29 is 0 Å². The predicted octanol–water partition coefficient (Wildman–Crippen LogP) is 3.29. The van der Waals surface area contributed by atoms with Crippen molar-refractivity contribution in [3.05, 3.63) is 35.4 Å². The van der Waals surface area contributed by atoms with Crippen LogP contribution in [0.2, 0.25) is 0 Å². The first-order valence-corrected chi connectivity index (χ1v) is 6.96. The average Bonchev–Trinajstić information content (AvgIpc) is 2.26. The van der Waals surface area contributed by atoms with Crippen molar-refractivity contribution in [1.29, 1.82) is 0 Å². The summed E-state index contributed by atoms with van der Waals surface area (Å²) < 4.78 is 0. The van der Waals surface area contributed by atoms with E-state index in [1.165, 1.54) is 30.4 Å². The Bertz CT molecular complexity index is 388. The Labute approximate surface area is 111 Å². The van der Waals surface area contributed by atoms with E-state index >= 15 is 0 Å². The molecule has 0 aromatic heterocycles. The lowest BCUT2D eigenvalue weighted by Crippen LogP contribution is -2.47. The highest BCUT2D eigenvalue weighted by Crippen LogP contribution is 2.37. The molecule has 1 unspecified atom stereocenters. The van der Waals surface area contributed by atoms with Gasteiger partial charge >= 0.3 is 0 Å². The number of nitrogens with two attached hydrogens (primary N) is 1. The molecule has 1 aliphatic rings. The highest BCUT2D eigenvalue weighted by atomic mass is 15.2. The van der Waals surface area contributed by atoms with Gasteiger partial charge in [-0.1, -0.05) is 30.7 Å². The van der Waals surface area contributed by atoms with Gasteiger partial charge in [0.1, 0.15) is 0 Å². The summed E-state index contributed by atoms with van der Waals surface area (Å²) >= 11 is 0. The van der Waals surface area contributed by atoms with Gasteiger partial charge in [-0.05, 0) is 57.8 Å². The Hall–Kier alpha value is -0.860.